The lowest BCUT2D eigenvalue weighted by atomic mass is 9.94. The molecule has 1 aromatic rings. The van der Waals surface area contributed by atoms with Crippen molar-refractivity contribution in [2.75, 3.05) is 18.5 Å². The van der Waals surface area contributed by atoms with Gasteiger partial charge < -0.3 is 15.4 Å². The molecule has 0 radical (unpaired) electrons. The molecule has 1 aromatic heterocycles. The first-order valence-corrected chi connectivity index (χ1v) is 7.15. The summed E-state index contributed by atoms with van der Waals surface area (Å²) in [5.41, 5.74) is 0.476. The van der Waals surface area contributed by atoms with Crippen molar-refractivity contribution in [2.24, 2.45) is 0 Å². The Morgan fingerprint density at radius 2 is 2.35 bits per heavy atom. The zero-order valence-electron chi connectivity index (χ0n) is 12.4. The number of hydrogen-bond acceptors (Lipinski definition) is 4. The maximum absolute atomic E-state index is 12.3. The van der Waals surface area contributed by atoms with Gasteiger partial charge in [-0.15, -0.1) is 0 Å². The van der Waals surface area contributed by atoms with Crippen molar-refractivity contribution in [1.29, 1.82) is 0 Å². The van der Waals surface area contributed by atoms with Crippen LogP contribution in [0.25, 0.3) is 0 Å². The molecule has 1 aliphatic heterocycles. The summed E-state index contributed by atoms with van der Waals surface area (Å²) in [4.78, 5) is 16.4. The number of nitrogens with one attached hydrogen (secondary N) is 2. The lowest BCUT2D eigenvalue weighted by Crippen LogP contribution is -2.45. The Labute approximate surface area is 120 Å². The number of rotatable bonds is 4. The average Bonchev–Trinajstić information content (AvgIpc) is 2.38. The predicted molar refractivity (Wildman–Crippen MR) is 78.9 cm³/mol. The van der Waals surface area contributed by atoms with E-state index >= 15 is 0 Å². The van der Waals surface area contributed by atoms with Gasteiger partial charge in [0, 0.05) is 31.0 Å². The van der Waals surface area contributed by atoms with Crippen molar-refractivity contribution in [3.8, 4) is 0 Å². The molecule has 0 spiro atoms. The maximum Gasteiger partial charge on any atom is 0.251 e. The fourth-order valence-electron chi connectivity index (χ4n) is 2.47. The van der Waals surface area contributed by atoms with Gasteiger partial charge in [-0.3, -0.25) is 4.79 Å². The van der Waals surface area contributed by atoms with Gasteiger partial charge in [-0.2, -0.15) is 0 Å². The first-order chi connectivity index (χ1) is 9.50. The van der Waals surface area contributed by atoms with Crippen molar-refractivity contribution < 1.29 is 9.53 Å². The van der Waals surface area contributed by atoms with E-state index in [2.05, 4.69) is 29.5 Å². The highest BCUT2D eigenvalue weighted by molar-refractivity contribution is 5.95. The van der Waals surface area contributed by atoms with Gasteiger partial charge in [0.25, 0.3) is 5.91 Å². The molecule has 20 heavy (non-hydrogen) atoms. The molecule has 1 aliphatic rings. The van der Waals surface area contributed by atoms with Crippen LogP contribution < -0.4 is 10.6 Å². The van der Waals surface area contributed by atoms with Gasteiger partial charge in [-0.25, -0.2) is 4.98 Å². The third-order valence-electron chi connectivity index (χ3n) is 3.41. The van der Waals surface area contributed by atoms with Crippen molar-refractivity contribution >= 4 is 11.7 Å². The third-order valence-corrected chi connectivity index (χ3v) is 3.41. The first-order valence-electron chi connectivity index (χ1n) is 7.15. The molecule has 0 aromatic carbocycles. The summed E-state index contributed by atoms with van der Waals surface area (Å²) >= 11 is 0. The second kappa shape index (κ2) is 6.22. The lowest BCUT2D eigenvalue weighted by molar-refractivity contribution is -0.0615. The van der Waals surface area contributed by atoms with Gasteiger partial charge in [0.1, 0.15) is 5.82 Å². The molecular weight excluding hydrogens is 254 g/mol. The number of amides is 1. The molecular formula is C15H23N3O2. The predicted octanol–water partition coefficient (Wildman–Crippen LogP) is 2.20. The summed E-state index contributed by atoms with van der Waals surface area (Å²) in [5, 5.41) is 6.19. The quantitative estimate of drug-likeness (QED) is 0.885. The summed E-state index contributed by atoms with van der Waals surface area (Å²) in [6, 6.07) is 3.69. The number of nitrogens with zero attached hydrogens (tertiary/aromatic N) is 1. The van der Waals surface area contributed by atoms with E-state index in [0.717, 1.165) is 25.2 Å². The van der Waals surface area contributed by atoms with Crippen LogP contribution in [-0.4, -0.2) is 35.7 Å². The SMILES string of the molecule is CCNc1cc(C(=O)NC2CCOC(C)(C)C2)ccn1. The standard InChI is InChI=1S/C15H23N3O2/c1-4-16-13-9-11(5-7-17-13)14(19)18-12-6-8-20-15(2,3)10-12/h5,7,9,12H,4,6,8,10H2,1-3H3,(H,16,17)(H,18,19). The number of anilines is 1. The number of pyridine rings is 1. The fraction of sp³-hybridized carbons (Fsp3) is 0.600. The largest absolute Gasteiger partial charge is 0.375 e. The van der Waals surface area contributed by atoms with Crippen LogP contribution in [0.2, 0.25) is 0 Å². The van der Waals surface area contributed by atoms with Crippen LogP contribution >= 0.6 is 0 Å². The van der Waals surface area contributed by atoms with E-state index in [9.17, 15) is 4.79 Å². The molecule has 2 rings (SSSR count). The summed E-state index contributed by atoms with van der Waals surface area (Å²) in [6.07, 6.45) is 3.35. The molecule has 1 fully saturated rings. The lowest BCUT2D eigenvalue weighted by Gasteiger charge is -2.35. The molecule has 0 saturated carbocycles. The van der Waals surface area contributed by atoms with Gasteiger partial charge in [0.2, 0.25) is 0 Å². The smallest absolute Gasteiger partial charge is 0.251 e. The second-order valence-corrected chi connectivity index (χ2v) is 5.73. The highest BCUT2D eigenvalue weighted by Gasteiger charge is 2.29. The molecule has 5 heteroatoms. The summed E-state index contributed by atoms with van der Waals surface area (Å²) < 4.78 is 5.66. The van der Waals surface area contributed by atoms with Crippen LogP contribution in [0.1, 0.15) is 44.0 Å². The molecule has 2 N–H and O–H groups in total. The van der Waals surface area contributed by atoms with E-state index in [1.54, 1.807) is 18.3 Å². The Bertz CT molecular complexity index is 474. The zero-order chi connectivity index (χ0) is 14.6. The van der Waals surface area contributed by atoms with Gasteiger partial charge in [0.05, 0.1) is 5.60 Å². The zero-order valence-corrected chi connectivity index (χ0v) is 12.4. The van der Waals surface area contributed by atoms with Crippen LogP contribution in [0.3, 0.4) is 0 Å². The molecule has 5 nitrogen and oxygen atoms in total. The van der Waals surface area contributed by atoms with Crippen molar-refractivity contribution in [1.82, 2.24) is 10.3 Å². The van der Waals surface area contributed by atoms with Gasteiger partial charge >= 0.3 is 0 Å². The first kappa shape index (κ1) is 14.8. The number of aromatic nitrogens is 1. The van der Waals surface area contributed by atoms with Crippen molar-refractivity contribution in [3.05, 3.63) is 23.9 Å². The van der Waals surface area contributed by atoms with Crippen molar-refractivity contribution in [2.45, 2.75) is 45.3 Å². The average molecular weight is 277 g/mol. The summed E-state index contributed by atoms with van der Waals surface area (Å²) in [6.45, 7) is 7.59. The maximum atomic E-state index is 12.3. The topological polar surface area (TPSA) is 63.2 Å². The summed E-state index contributed by atoms with van der Waals surface area (Å²) in [7, 11) is 0. The van der Waals surface area contributed by atoms with Gasteiger partial charge in [0.15, 0.2) is 0 Å². The van der Waals surface area contributed by atoms with Crippen LogP contribution in [0.15, 0.2) is 18.3 Å². The Balaban J connectivity index is 1.99. The van der Waals surface area contributed by atoms with E-state index in [1.165, 1.54) is 0 Å². The molecule has 0 bridgehead atoms. The number of hydrogen-bond donors (Lipinski definition) is 2. The Kier molecular flexibility index (Phi) is 4.60. The number of ether oxygens (including phenoxy) is 1. The Hall–Kier alpha value is -1.62. The second-order valence-electron chi connectivity index (χ2n) is 5.73. The van der Waals surface area contributed by atoms with Crippen LogP contribution in [0, 0.1) is 0 Å². The van der Waals surface area contributed by atoms with E-state index in [-0.39, 0.29) is 17.6 Å². The van der Waals surface area contributed by atoms with Gasteiger partial charge in [-0.05, 0) is 45.7 Å². The summed E-state index contributed by atoms with van der Waals surface area (Å²) in [5.74, 6) is 0.682. The van der Waals surface area contributed by atoms with Gasteiger partial charge in [-0.1, -0.05) is 0 Å². The minimum atomic E-state index is -0.163. The van der Waals surface area contributed by atoms with E-state index in [1.807, 2.05) is 6.92 Å². The molecule has 1 atom stereocenters. The van der Waals surface area contributed by atoms with Crippen LogP contribution in [0.4, 0.5) is 5.82 Å². The van der Waals surface area contributed by atoms with E-state index in [0.29, 0.717) is 12.2 Å². The minimum absolute atomic E-state index is 0.0470. The highest BCUT2D eigenvalue weighted by atomic mass is 16.5. The number of carbonyl (C=O) groups excluding carboxylic acids is 1. The van der Waals surface area contributed by atoms with Crippen LogP contribution in [0.5, 0.6) is 0 Å². The molecule has 1 saturated heterocycles. The molecule has 0 aliphatic carbocycles. The molecule has 1 unspecified atom stereocenters. The van der Waals surface area contributed by atoms with Crippen LogP contribution in [-0.2, 0) is 4.74 Å². The number of carbonyl (C=O) groups is 1. The normalized spacial score (nSPS) is 21.2. The van der Waals surface area contributed by atoms with Crippen molar-refractivity contribution in [3.63, 3.8) is 0 Å². The van der Waals surface area contributed by atoms with E-state index < -0.39 is 0 Å². The minimum Gasteiger partial charge on any atom is -0.375 e. The molecule has 1 amide bonds. The fourth-order valence-corrected chi connectivity index (χ4v) is 2.47. The Morgan fingerprint density at radius 3 is 3.05 bits per heavy atom. The highest BCUT2D eigenvalue weighted by Crippen LogP contribution is 2.24. The molecule has 110 valence electrons. The Morgan fingerprint density at radius 1 is 1.55 bits per heavy atom. The third kappa shape index (κ3) is 3.93. The van der Waals surface area contributed by atoms with E-state index in [4.69, 9.17) is 4.74 Å². The monoisotopic (exact) mass is 277 g/mol. The molecule has 2 heterocycles.